The minimum Gasteiger partial charge on any atom is -0.319 e. The maximum atomic E-state index is 13.0. The Morgan fingerprint density at radius 1 is 1.18 bits per heavy atom. The van der Waals surface area contributed by atoms with Crippen molar-refractivity contribution in [1.82, 2.24) is 10.2 Å². The molecule has 0 radical (unpaired) electrons. The first-order chi connectivity index (χ1) is 13.3. The van der Waals surface area contributed by atoms with Gasteiger partial charge in [0.25, 0.3) is 5.91 Å². The molecule has 2 heterocycles. The largest absolute Gasteiger partial charge is 0.325 e. The number of anilines is 1. The number of urea groups is 1. The average molecular weight is 398 g/mol. The Morgan fingerprint density at radius 2 is 1.86 bits per heavy atom. The number of nitrogens with one attached hydrogen (secondary N) is 1. The number of hydrogen-bond donors (Lipinski definition) is 1. The minimum atomic E-state index is -1.23. The van der Waals surface area contributed by atoms with E-state index in [0.29, 0.717) is 10.6 Å². The molecule has 1 N–H and O–H groups in total. The van der Waals surface area contributed by atoms with E-state index in [1.165, 1.54) is 0 Å². The Labute approximate surface area is 168 Å². The first-order valence-electron chi connectivity index (χ1n) is 9.11. The summed E-state index contributed by atoms with van der Waals surface area (Å²) in [4.78, 5) is 41.2. The van der Waals surface area contributed by atoms with Crippen LogP contribution >= 0.6 is 11.6 Å². The highest BCUT2D eigenvalue weighted by atomic mass is 35.5. The van der Waals surface area contributed by atoms with Crippen molar-refractivity contribution < 1.29 is 14.4 Å². The molecule has 144 valence electrons. The molecule has 1 saturated heterocycles. The van der Waals surface area contributed by atoms with Gasteiger partial charge in [-0.05, 0) is 49.6 Å². The van der Waals surface area contributed by atoms with E-state index < -0.39 is 17.5 Å². The minimum absolute atomic E-state index is 0.0201. The van der Waals surface area contributed by atoms with Crippen LogP contribution in [0.1, 0.15) is 25.0 Å². The number of rotatable bonds is 3. The topological polar surface area (TPSA) is 69.7 Å². The molecule has 0 aliphatic carbocycles. The average Bonchev–Trinajstić information content (AvgIpc) is 3.11. The number of carbonyl (C=O) groups excluding carboxylic acids is 3. The van der Waals surface area contributed by atoms with E-state index in [9.17, 15) is 14.4 Å². The highest BCUT2D eigenvalue weighted by Crippen LogP contribution is 2.33. The van der Waals surface area contributed by atoms with Crippen molar-refractivity contribution >= 4 is 35.1 Å². The highest BCUT2D eigenvalue weighted by molar-refractivity contribution is 6.30. The fourth-order valence-electron chi connectivity index (χ4n) is 3.98. The van der Waals surface area contributed by atoms with E-state index in [1.807, 2.05) is 31.2 Å². The maximum Gasteiger partial charge on any atom is 0.325 e. The van der Waals surface area contributed by atoms with E-state index in [1.54, 1.807) is 36.1 Å². The van der Waals surface area contributed by atoms with Gasteiger partial charge in [0, 0.05) is 16.8 Å². The zero-order valence-corrected chi connectivity index (χ0v) is 16.4. The summed E-state index contributed by atoms with van der Waals surface area (Å²) in [6.45, 7) is 3.29. The maximum absolute atomic E-state index is 13.0. The molecule has 28 heavy (non-hydrogen) atoms. The zero-order valence-electron chi connectivity index (χ0n) is 15.6. The Morgan fingerprint density at radius 3 is 2.57 bits per heavy atom. The van der Waals surface area contributed by atoms with Crippen LogP contribution in [0.2, 0.25) is 5.02 Å². The van der Waals surface area contributed by atoms with Crippen LogP contribution in [0.5, 0.6) is 0 Å². The fourth-order valence-corrected chi connectivity index (χ4v) is 4.10. The van der Waals surface area contributed by atoms with Gasteiger partial charge in [0.05, 0.1) is 0 Å². The monoisotopic (exact) mass is 397 g/mol. The molecular weight excluding hydrogens is 378 g/mol. The Hall–Kier alpha value is -2.86. The third kappa shape index (κ3) is 2.85. The van der Waals surface area contributed by atoms with Crippen molar-refractivity contribution in [1.29, 1.82) is 0 Å². The molecule has 2 aliphatic heterocycles. The SMILES string of the molecule is CC1Cc2ccccc2N1C(=O)CN1C(=O)NC(C)(c2ccc(Cl)cc2)C1=O. The molecule has 0 spiro atoms. The van der Waals surface area contributed by atoms with Gasteiger partial charge in [0.2, 0.25) is 5.91 Å². The molecule has 4 amide bonds. The predicted octanol–water partition coefficient (Wildman–Crippen LogP) is 3.08. The number of benzene rings is 2. The number of fused-ring (bicyclic) bond motifs is 1. The van der Waals surface area contributed by atoms with Crippen LogP contribution < -0.4 is 10.2 Å². The van der Waals surface area contributed by atoms with Gasteiger partial charge in [-0.25, -0.2) is 4.79 Å². The van der Waals surface area contributed by atoms with Gasteiger partial charge in [-0.15, -0.1) is 0 Å². The first kappa shape index (κ1) is 18.5. The number of carbonyl (C=O) groups is 3. The van der Waals surface area contributed by atoms with E-state index >= 15 is 0 Å². The quantitative estimate of drug-likeness (QED) is 0.809. The molecular formula is C21H20ClN3O3. The van der Waals surface area contributed by atoms with Gasteiger partial charge in [0.1, 0.15) is 12.1 Å². The number of imide groups is 1. The summed E-state index contributed by atoms with van der Waals surface area (Å²) in [5, 5.41) is 3.26. The van der Waals surface area contributed by atoms with Gasteiger partial charge in [-0.2, -0.15) is 0 Å². The Kier molecular flexibility index (Phi) is 4.38. The van der Waals surface area contributed by atoms with Crippen LogP contribution in [0.25, 0.3) is 0 Å². The second-order valence-electron chi connectivity index (χ2n) is 7.40. The lowest BCUT2D eigenvalue weighted by Gasteiger charge is -2.25. The van der Waals surface area contributed by atoms with Gasteiger partial charge in [-0.3, -0.25) is 14.5 Å². The normalized spacial score (nSPS) is 23.8. The second kappa shape index (κ2) is 6.63. The van der Waals surface area contributed by atoms with Crippen LogP contribution in [-0.4, -0.2) is 35.3 Å². The molecule has 2 aromatic rings. The summed E-state index contributed by atoms with van der Waals surface area (Å²) in [6.07, 6.45) is 0.755. The lowest BCUT2D eigenvalue weighted by atomic mass is 9.92. The number of halogens is 1. The lowest BCUT2D eigenvalue weighted by molar-refractivity contribution is -0.134. The predicted molar refractivity (Wildman–Crippen MR) is 106 cm³/mol. The van der Waals surface area contributed by atoms with E-state index in [4.69, 9.17) is 11.6 Å². The van der Waals surface area contributed by atoms with E-state index in [-0.39, 0.29) is 18.5 Å². The first-order valence-corrected chi connectivity index (χ1v) is 9.49. The molecule has 4 rings (SSSR count). The van der Waals surface area contributed by atoms with Gasteiger partial charge in [-0.1, -0.05) is 41.9 Å². The van der Waals surface area contributed by atoms with Gasteiger partial charge >= 0.3 is 6.03 Å². The molecule has 2 aliphatic rings. The van der Waals surface area contributed by atoms with Crippen LogP contribution in [0.3, 0.4) is 0 Å². The molecule has 0 bridgehead atoms. The van der Waals surface area contributed by atoms with Crippen molar-refractivity contribution in [2.24, 2.45) is 0 Å². The molecule has 2 unspecified atom stereocenters. The lowest BCUT2D eigenvalue weighted by Crippen LogP contribution is -2.46. The third-order valence-electron chi connectivity index (χ3n) is 5.47. The van der Waals surface area contributed by atoms with Crippen molar-refractivity contribution in [3.63, 3.8) is 0 Å². The van der Waals surface area contributed by atoms with E-state index in [2.05, 4.69) is 5.32 Å². The summed E-state index contributed by atoms with van der Waals surface area (Å²) in [7, 11) is 0. The Bertz CT molecular complexity index is 975. The van der Waals surface area contributed by atoms with Crippen LogP contribution in [0.4, 0.5) is 10.5 Å². The number of hydrogen-bond acceptors (Lipinski definition) is 3. The van der Waals surface area contributed by atoms with Crippen molar-refractivity contribution in [3.05, 3.63) is 64.7 Å². The van der Waals surface area contributed by atoms with Gasteiger partial charge < -0.3 is 10.2 Å². The number of nitrogens with zero attached hydrogens (tertiary/aromatic N) is 2. The Balaban J connectivity index is 1.57. The number of amides is 4. The number of para-hydroxylation sites is 1. The molecule has 6 nitrogen and oxygen atoms in total. The second-order valence-corrected chi connectivity index (χ2v) is 7.84. The molecule has 2 atom stereocenters. The van der Waals surface area contributed by atoms with Crippen LogP contribution in [0.15, 0.2) is 48.5 Å². The molecule has 0 aromatic heterocycles. The van der Waals surface area contributed by atoms with Gasteiger partial charge in [0.15, 0.2) is 0 Å². The van der Waals surface area contributed by atoms with Crippen LogP contribution in [-0.2, 0) is 21.5 Å². The van der Waals surface area contributed by atoms with Crippen LogP contribution in [0, 0.1) is 0 Å². The summed E-state index contributed by atoms with van der Waals surface area (Å²) in [5.41, 5.74) is 1.32. The summed E-state index contributed by atoms with van der Waals surface area (Å²) >= 11 is 5.92. The summed E-state index contributed by atoms with van der Waals surface area (Å²) < 4.78 is 0. The zero-order chi connectivity index (χ0) is 20.1. The third-order valence-corrected chi connectivity index (χ3v) is 5.72. The smallest absolute Gasteiger partial charge is 0.319 e. The standard InChI is InChI=1S/C21H20ClN3O3/c1-13-11-14-5-3-4-6-17(14)25(13)18(26)12-24-19(27)21(2,23-20(24)28)15-7-9-16(22)10-8-15/h3-10,13H,11-12H2,1-2H3,(H,23,28). The molecule has 7 heteroatoms. The molecule has 2 aromatic carbocycles. The highest BCUT2D eigenvalue weighted by Gasteiger charge is 2.50. The molecule has 1 fully saturated rings. The van der Waals surface area contributed by atoms with Crippen molar-refractivity contribution in [2.45, 2.75) is 31.8 Å². The van der Waals surface area contributed by atoms with E-state index in [0.717, 1.165) is 22.6 Å². The molecule has 0 saturated carbocycles. The summed E-state index contributed by atoms with van der Waals surface area (Å²) in [5.74, 6) is -0.727. The fraction of sp³-hybridized carbons (Fsp3) is 0.286. The summed E-state index contributed by atoms with van der Waals surface area (Å²) in [6, 6.07) is 13.8. The van der Waals surface area contributed by atoms with Crippen molar-refractivity contribution in [2.75, 3.05) is 11.4 Å². The van der Waals surface area contributed by atoms with Crippen molar-refractivity contribution in [3.8, 4) is 0 Å².